The van der Waals surface area contributed by atoms with Gasteiger partial charge in [0.2, 0.25) is 0 Å². The number of hydrogen-bond acceptors (Lipinski definition) is 3. The lowest BCUT2D eigenvalue weighted by Crippen LogP contribution is -2.22. The molecular weight excluding hydrogens is 264 g/mol. The second-order valence-electron chi connectivity index (χ2n) is 5.50. The fourth-order valence-corrected chi connectivity index (χ4v) is 3.02. The molecule has 0 radical (unpaired) electrons. The van der Waals surface area contributed by atoms with Crippen LogP contribution in [-0.2, 0) is 4.79 Å². The smallest absolute Gasteiger partial charge is 0.312 e. The highest BCUT2D eigenvalue weighted by atomic mass is 16.5. The zero-order valence-electron chi connectivity index (χ0n) is 12.5. The third-order valence-corrected chi connectivity index (χ3v) is 3.95. The molecule has 3 nitrogen and oxygen atoms in total. The number of hydrogen-bond donors (Lipinski definition) is 0. The Morgan fingerprint density at radius 3 is 2.52 bits per heavy atom. The summed E-state index contributed by atoms with van der Waals surface area (Å²) >= 11 is 0. The number of carbonyl (C=O) groups is 1. The fourth-order valence-electron chi connectivity index (χ4n) is 3.02. The van der Waals surface area contributed by atoms with Gasteiger partial charge in [-0.1, -0.05) is 18.2 Å². The zero-order chi connectivity index (χ0) is 15.0. The van der Waals surface area contributed by atoms with E-state index in [1.807, 2.05) is 37.3 Å². The van der Waals surface area contributed by atoms with Gasteiger partial charge in [-0.2, -0.15) is 0 Å². The van der Waals surface area contributed by atoms with Crippen LogP contribution in [-0.4, -0.2) is 13.1 Å². The maximum Gasteiger partial charge on any atom is 0.312 e. The summed E-state index contributed by atoms with van der Waals surface area (Å²) in [6.45, 7) is 4.08. The van der Waals surface area contributed by atoms with Crippen LogP contribution in [0.5, 0.6) is 11.5 Å². The molecule has 0 aliphatic carbocycles. The average Bonchev–Trinajstić information content (AvgIpc) is 2.45. The van der Waals surface area contributed by atoms with E-state index in [0.29, 0.717) is 12.2 Å². The normalized spacial score (nSPS) is 17.1. The molecule has 0 saturated carbocycles. The van der Waals surface area contributed by atoms with Gasteiger partial charge < -0.3 is 9.47 Å². The molecular formula is C18H18O3. The first kappa shape index (κ1) is 13.7. The van der Waals surface area contributed by atoms with Crippen LogP contribution in [0, 0.1) is 13.8 Å². The number of fused-ring (bicyclic) bond motifs is 1. The van der Waals surface area contributed by atoms with Crippen molar-refractivity contribution < 1.29 is 14.3 Å². The molecule has 3 rings (SSSR count). The van der Waals surface area contributed by atoms with Gasteiger partial charge >= 0.3 is 5.97 Å². The molecule has 0 unspecified atom stereocenters. The maximum absolute atomic E-state index is 11.9. The molecule has 2 aromatic rings. The van der Waals surface area contributed by atoms with E-state index in [4.69, 9.17) is 9.47 Å². The molecule has 1 aliphatic heterocycles. The molecule has 2 aromatic carbocycles. The van der Waals surface area contributed by atoms with Crippen LogP contribution in [0.15, 0.2) is 36.4 Å². The van der Waals surface area contributed by atoms with Crippen molar-refractivity contribution in [2.24, 2.45) is 0 Å². The third-order valence-electron chi connectivity index (χ3n) is 3.95. The van der Waals surface area contributed by atoms with E-state index in [-0.39, 0.29) is 11.9 Å². The summed E-state index contributed by atoms with van der Waals surface area (Å²) in [5.41, 5.74) is 4.50. The Labute approximate surface area is 124 Å². The van der Waals surface area contributed by atoms with Crippen LogP contribution in [0.4, 0.5) is 0 Å². The van der Waals surface area contributed by atoms with Crippen molar-refractivity contribution >= 4 is 5.97 Å². The molecule has 0 saturated heterocycles. The van der Waals surface area contributed by atoms with E-state index in [2.05, 4.69) is 13.0 Å². The topological polar surface area (TPSA) is 35.5 Å². The molecule has 0 bridgehead atoms. The highest BCUT2D eigenvalue weighted by Gasteiger charge is 2.30. The quantitative estimate of drug-likeness (QED) is 0.621. The lowest BCUT2D eigenvalue weighted by molar-refractivity contribution is -0.135. The first-order valence-corrected chi connectivity index (χ1v) is 7.04. The van der Waals surface area contributed by atoms with Crippen LogP contribution in [0.2, 0.25) is 0 Å². The SMILES string of the molecule is COc1ccc([C@H]2CC(=O)Oc3cc(C)cc(C)c32)cc1. The Morgan fingerprint density at radius 2 is 1.86 bits per heavy atom. The number of benzene rings is 2. The predicted molar refractivity (Wildman–Crippen MR) is 81.0 cm³/mol. The van der Waals surface area contributed by atoms with Gasteiger partial charge in [0.25, 0.3) is 0 Å². The van der Waals surface area contributed by atoms with Gasteiger partial charge in [0.15, 0.2) is 0 Å². The Kier molecular flexibility index (Phi) is 3.42. The monoisotopic (exact) mass is 282 g/mol. The third kappa shape index (κ3) is 2.51. The van der Waals surface area contributed by atoms with Crippen LogP contribution in [0.3, 0.4) is 0 Å². The summed E-state index contributed by atoms with van der Waals surface area (Å²) in [6, 6.07) is 12.0. The molecule has 0 spiro atoms. The van der Waals surface area contributed by atoms with Crippen molar-refractivity contribution in [1.82, 2.24) is 0 Å². The number of ether oxygens (including phenoxy) is 2. The first-order chi connectivity index (χ1) is 10.1. The van der Waals surface area contributed by atoms with Crippen LogP contribution < -0.4 is 9.47 Å². The molecule has 0 amide bonds. The largest absolute Gasteiger partial charge is 0.497 e. The first-order valence-electron chi connectivity index (χ1n) is 7.04. The predicted octanol–water partition coefficient (Wildman–Crippen LogP) is 3.75. The number of methoxy groups -OCH3 is 1. The van der Waals surface area contributed by atoms with Gasteiger partial charge in [-0.15, -0.1) is 0 Å². The van der Waals surface area contributed by atoms with Gasteiger partial charge in [-0.05, 0) is 48.7 Å². The van der Waals surface area contributed by atoms with Gasteiger partial charge in [0.1, 0.15) is 11.5 Å². The van der Waals surface area contributed by atoms with Crippen molar-refractivity contribution in [3.63, 3.8) is 0 Å². The Bertz CT molecular complexity index is 686. The second kappa shape index (κ2) is 5.24. The Balaban J connectivity index is 2.09. The summed E-state index contributed by atoms with van der Waals surface area (Å²) in [5.74, 6) is 1.39. The fraction of sp³-hybridized carbons (Fsp3) is 0.278. The summed E-state index contributed by atoms with van der Waals surface area (Å²) in [7, 11) is 1.65. The van der Waals surface area contributed by atoms with Crippen molar-refractivity contribution in [2.45, 2.75) is 26.2 Å². The number of esters is 1. The van der Waals surface area contributed by atoms with Crippen LogP contribution >= 0.6 is 0 Å². The van der Waals surface area contributed by atoms with Gasteiger partial charge in [0.05, 0.1) is 13.5 Å². The van der Waals surface area contributed by atoms with Gasteiger partial charge in [-0.3, -0.25) is 4.79 Å². The Morgan fingerprint density at radius 1 is 1.14 bits per heavy atom. The highest BCUT2D eigenvalue weighted by molar-refractivity contribution is 5.78. The highest BCUT2D eigenvalue weighted by Crippen LogP contribution is 2.41. The summed E-state index contributed by atoms with van der Waals surface area (Å²) in [6.07, 6.45) is 0.378. The van der Waals surface area contributed by atoms with Gasteiger partial charge in [0, 0.05) is 11.5 Å². The summed E-state index contributed by atoms with van der Waals surface area (Å²) < 4.78 is 10.6. The molecule has 1 heterocycles. The molecule has 0 N–H and O–H groups in total. The molecule has 1 atom stereocenters. The van der Waals surface area contributed by atoms with Crippen molar-refractivity contribution in [1.29, 1.82) is 0 Å². The van der Waals surface area contributed by atoms with E-state index in [1.165, 1.54) is 5.56 Å². The Hall–Kier alpha value is -2.29. The van der Waals surface area contributed by atoms with E-state index < -0.39 is 0 Å². The van der Waals surface area contributed by atoms with E-state index in [9.17, 15) is 4.79 Å². The van der Waals surface area contributed by atoms with Crippen LogP contribution in [0.25, 0.3) is 0 Å². The van der Waals surface area contributed by atoms with E-state index in [1.54, 1.807) is 7.11 Å². The van der Waals surface area contributed by atoms with Crippen LogP contribution in [0.1, 0.15) is 34.6 Å². The number of aryl methyl sites for hydroxylation is 2. The molecule has 108 valence electrons. The molecule has 3 heteroatoms. The van der Waals surface area contributed by atoms with Gasteiger partial charge in [-0.25, -0.2) is 0 Å². The summed E-state index contributed by atoms with van der Waals surface area (Å²) in [4.78, 5) is 11.9. The minimum Gasteiger partial charge on any atom is -0.497 e. The minimum atomic E-state index is -0.173. The number of rotatable bonds is 2. The molecule has 1 aliphatic rings. The van der Waals surface area contributed by atoms with E-state index >= 15 is 0 Å². The van der Waals surface area contributed by atoms with Crippen molar-refractivity contribution in [3.05, 3.63) is 58.7 Å². The summed E-state index contributed by atoms with van der Waals surface area (Å²) in [5, 5.41) is 0. The number of carbonyl (C=O) groups excluding carboxylic acids is 1. The zero-order valence-corrected chi connectivity index (χ0v) is 12.5. The maximum atomic E-state index is 11.9. The lowest BCUT2D eigenvalue weighted by Gasteiger charge is -2.27. The van der Waals surface area contributed by atoms with E-state index in [0.717, 1.165) is 22.4 Å². The molecule has 0 fully saturated rings. The van der Waals surface area contributed by atoms with Crippen molar-refractivity contribution in [2.75, 3.05) is 7.11 Å². The standard InChI is InChI=1S/C18H18O3/c1-11-8-12(2)18-15(10-17(19)21-16(18)9-11)13-4-6-14(20-3)7-5-13/h4-9,15H,10H2,1-3H3/t15-/m1/s1. The van der Waals surface area contributed by atoms with Crippen molar-refractivity contribution in [3.8, 4) is 11.5 Å². The minimum absolute atomic E-state index is 0.0488. The molecule has 21 heavy (non-hydrogen) atoms. The average molecular weight is 282 g/mol. The lowest BCUT2D eigenvalue weighted by atomic mass is 9.83. The molecule has 0 aromatic heterocycles. The second-order valence-corrected chi connectivity index (χ2v) is 5.50.